The number of hydrogen-bond acceptors (Lipinski definition) is 2. The number of rotatable bonds is 3. The topological polar surface area (TPSA) is 29.3 Å². The monoisotopic (exact) mass is 286 g/mol. The fourth-order valence-corrected chi connectivity index (χ4v) is 2.72. The largest absolute Gasteiger partial charge is 0.329 e. The first-order chi connectivity index (χ1) is 7.72. The van der Waals surface area contributed by atoms with Crippen LogP contribution in [0.1, 0.15) is 18.4 Å². The number of hydrogen-bond donors (Lipinski definition) is 1. The van der Waals surface area contributed by atoms with Crippen molar-refractivity contribution < 1.29 is 4.39 Å². The molecule has 1 heterocycles. The third kappa shape index (κ3) is 2.44. The Labute approximate surface area is 104 Å². The van der Waals surface area contributed by atoms with E-state index in [1.807, 2.05) is 6.07 Å². The molecule has 0 aliphatic carbocycles. The highest BCUT2D eigenvalue weighted by atomic mass is 79.9. The van der Waals surface area contributed by atoms with Crippen molar-refractivity contribution in [2.24, 2.45) is 5.73 Å². The van der Waals surface area contributed by atoms with E-state index in [1.54, 1.807) is 6.07 Å². The fraction of sp³-hybridized carbons (Fsp3) is 0.500. The van der Waals surface area contributed by atoms with Gasteiger partial charge in [0.25, 0.3) is 0 Å². The van der Waals surface area contributed by atoms with Crippen molar-refractivity contribution >= 4 is 15.9 Å². The summed E-state index contributed by atoms with van der Waals surface area (Å²) >= 11 is 3.40. The molecule has 1 saturated heterocycles. The molecule has 2 nitrogen and oxygen atoms in total. The Bertz CT molecular complexity index is 350. The van der Waals surface area contributed by atoms with Gasteiger partial charge in [0.15, 0.2) is 0 Å². The van der Waals surface area contributed by atoms with E-state index in [-0.39, 0.29) is 5.82 Å². The lowest BCUT2D eigenvalue weighted by Crippen LogP contribution is -2.35. The van der Waals surface area contributed by atoms with Crippen molar-refractivity contribution in [3.05, 3.63) is 34.1 Å². The molecule has 0 saturated carbocycles. The Morgan fingerprint density at radius 3 is 3.00 bits per heavy atom. The lowest BCUT2D eigenvalue weighted by atomic mass is 10.1. The zero-order valence-corrected chi connectivity index (χ0v) is 10.7. The maximum absolute atomic E-state index is 13.6. The second-order valence-corrected chi connectivity index (χ2v) is 5.06. The van der Waals surface area contributed by atoms with E-state index in [0.29, 0.717) is 19.1 Å². The molecule has 4 heteroatoms. The molecule has 2 N–H and O–H groups in total. The number of halogens is 2. The first kappa shape index (κ1) is 12.0. The summed E-state index contributed by atoms with van der Waals surface area (Å²) < 4.78 is 14.5. The summed E-state index contributed by atoms with van der Waals surface area (Å²) in [5, 5.41) is 0. The number of nitrogens with zero attached hydrogens (tertiary/aromatic N) is 1. The highest BCUT2D eigenvalue weighted by Crippen LogP contribution is 2.25. The van der Waals surface area contributed by atoms with E-state index in [4.69, 9.17) is 5.73 Å². The molecule has 0 spiro atoms. The fourth-order valence-electron chi connectivity index (χ4n) is 2.26. The molecule has 1 atom stereocenters. The van der Waals surface area contributed by atoms with Crippen molar-refractivity contribution in [1.29, 1.82) is 0 Å². The lowest BCUT2D eigenvalue weighted by Gasteiger charge is -2.23. The highest BCUT2D eigenvalue weighted by molar-refractivity contribution is 9.10. The van der Waals surface area contributed by atoms with Gasteiger partial charge in [0, 0.05) is 29.2 Å². The van der Waals surface area contributed by atoms with Gasteiger partial charge in [0.05, 0.1) is 0 Å². The van der Waals surface area contributed by atoms with Crippen LogP contribution in [0.15, 0.2) is 22.7 Å². The number of nitrogens with two attached hydrogens (primary N) is 1. The molecule has 1 aromatic carbocycles. The van der Waals surface area contributed by atoms with Crippen molar-refractivity contribution in [1.82, 2.24) is 4.90 Å². The Morgan fingerprint density at radius 2 is 2.31 bits per heavy atom. The Morgan fingerprint density at radius 1 is 1.50 bits per heavy atom. The summed E-state index contributed by atoms with van der Waals surface area (Å²) in [6.07, 6.45) is 2.29. The molecule has 0 bridgehead atoms. The molecular formula is C12H16BrFN2. The maximum atomic E-state index is 13.6. The third-order valence-corrected chi connectivity index (χ3v) is 3.94. The average molecular weight is 287 g/mol. The predicted octanol–water partition coefficient (Wildman–Crippen LogP) is 2.51. The zero-order chi connectivity index (χ0) is 11.5. The van der Waals surface area contributed by atoms with Gasteiger partial charge in [-0.05, 0) is 31.5 Å². The Hall–Kier alpha value is -0.450. The van der Waals surface area contributed by atoms with Crippen LogP contribution in [0.2, 0.25) is 0 Å². The summed E-state index contributed by atoms with van der Waals surface area (Å²) in [6, 6.07) is 5.51. The second kappa shape index (κ2) is 5.25. The van der Waals surface area contributed by atoms with Crippen LogP contribution < -0.4 is 5.73 Å². The van der Waals surface area contributed by atoms with E-state index in [0.717, 1.165) is 29.4 Å². The van der Waals surface area contributed by atoms with Crippen molar-refractivity contribution in [3.8, 4) is 0 Å². The molecule has 0 amide bonds. The minimum Gasteiger partial charge on any atom is -0.329 e. The molecular weight excluding hydrogens is 271 g/mol. The molecule has 88 valence electrons. The standard InChI is InChI=1S/C12H16BrFN2/c13-11-4-1-5-12(14)10(11)8-16-6-2-3-9(16)7-15/h1,4-5,9H,2-3,6-8,15H2. The van der Waals surface area contributed by atoms with E-state index in [9.17, 15) is 4.39 Å². The molecule has 1 aliphatic rings. The average Bonchev–Trinajstić information content (AvgIpc) is 2.71. The minimum atomic E-state index is -0.142. The number of benzene rings is 1. The molecule has 1 aliphatic heterocycles. The van der Waals surface area contributed by atoms with Crippen LogP contribution in [0.3, 0.4) is 0 Å². The normalized spacial score (nSPS) is 21.6. The van der Waals surface area contributed by atoms with Gasteiger partial charge in [-0.25, -0.2) is 4.39 Å². The van der Waals surface area contributed by atoms with Gasteiger partial charge in [-0.15, -0.1) is 0 Å². The van der Waals surface area contributed by atoms with E-state index < -0.39 is 0 Å². The first-order valence-electron chi connectivity index (χ1n) is 5.59. The third-order valence-electron chi connectivity index (χ3n) is 3.19. The first-order valence-corrected chi connectivity index (χ1v) is 6.38. The van der Waals surface area contributed by atoms with Crippen LogP contribution in [0.25, 0.3) is 0 Å². The van der Waals surface area contributed by atoms with Crippen LogP contribution in [-0.4, -0.2) is 24.0 Å². The minimum absolute atomic E-state index is 0.142. The highest BCUT2D eigenvalue weighted by Gasteiger charge is 2.24. The SMILES string of the molecule is NCC1CCCN1Cc1c(F)cccc1Br. The molecule has 16 heavy (non-hydrogen) atoms. The summed E-state index contributed by atoms with van der Waals surface area (Å²) in [5.41, 5.74) is 6.45. The summed E-state index contributed by atoms with van der Waals surface area (Å²) in [5.74, 6) is -0.142. The van der Waals surface area contributed by atoms with Crippen LogP contribution in [-0.2, 0) is 6.54 Å². The van der Waals surface area contributed by atoms with Crippen molar-refractivity contribution in [2.45, 2.75) is 25.4 Å². The molecule has 0 radical (unpaired) electrons. The summed E-state index contributed by atoms with van der Waals surface area (Å²) in [7, 11) is 0. The van der Waals surface area contributed by atoms with Crippen molar-refractivity contribution in [2.75, 3.05) is 13.1 Å². The Kier molecular flexibility index (Phi) is 3.95. The predicted molar refractivity (Wildman–Crippen MR) is 66.6 cm³/mol. The van der Waals surface area contributed by atoms with Gasteiger partial charge in [-0.2, -0.15) is 0 Å². The van der Waals surface area contributed by atoms with Crippen LogP contribution in [0, 0.1) is 5.82 Å². The molecule has 1 unspecified atom stereocenters. The summed E-state index contributed by atoms with van der Waals surface area (Å²) in [4.78, 5) is 2.27. The molecule has 1 fully saturated rings. The smallest absolute Gasteiger partial charge is 0.128 e. The van der Waals surface area contributed by atoms with E-state index in [1.165, 1.54) is 6.07 Å². The van der Waals surface area contributed by atoms with Gasteiger partial charge in [0.1, 0.15) is 5.82 Å². The molecule has 1 aromatic rings. The number of likely N-dealkylation sites (tertiary alicyclic amines) is 1. The van der Waals surface area contributed by atoms with Gasteiger partial charge in [0.2, 0.25) is 0 Å². The quantitative estimate of drug-likeness (QED) is 0.925. The van der Waals surface area contributed by atoms with Gasteiger partial charge < -0.3 is 5.73 Å². The van der Waals surface area contributed by atoms with E-state index >= 15 is 0 Å². The second-order valence-electron chi connectivity index (χ2n) is 4.20. The zero-order valence-electron chi connectivity index (χ0n) is 9.13. The maximum Gasteiger partial charge on any atom is 0.128 e. The van der Waals surface area contributed by atoms with Gasteiger partial charge >= 0.3 is 0 Å². The van der Waals surface area contributed by atoms with Crippen molar-refractivity contribution in [3.63, 3.8) is 0 Å². The van der Waals surface area contributed by atoms with Gasteiger partial charge in [-0.1, -0.05) is 22.0 Å². The van der Waals surface area contributed by atoms with Gasteiger partial charge in [-0.3, -0.25) is 4.90 Å². The van der Waals surface area contributed by atoms with Crippen LogP contribution in [0.4, 0.5) is 4.39 Å². The van der Waals surface area contributed by atoms with Crippen LogP contribution in [0.5, 0.6) is 0 Å². The van der Waals surface area contributed by atoms with E-state index in [2.05, 4.69) is 20.8 Å². The Balaban J connectivity index is 2.14. The lowest BCUT2D eigenvalue weighted by molar-refractivity contribution is 0.246. The molecule has 0 aromatic heterocycles. The molecule has 2 rings (SSSR count). The van der Waals surface area contributed by atoms with Crippen LogP contribution >= 0.6 is 15.9 Å². The summed E-state index contributed by atoms with van der Waals surface area (Å²) in [6.45, 7) is 2.32.